The summed E-state index contributed by atoms with van der Waals surface area (Å²) in [7, 11) is 1.44. The fourth-order valence-corrected chi connectivity index (χ4v) is 2.35. The zero-order chi connectivity index (χ0) is 17.6. The van der Waals surface area contributed by atoms with E-state index in [9.17, 15) is 15.0 Å². The summed E-state index contributed by atoms with van der Waals surface area (Å²) >= 11 is 6.08. The number of allylic oxidation sites excluding steroid dienone is 4. The highest BCUT2D eigenvalue weighted by Gasteiger charge is 2.20. The first-order chi connectivity index (χ1) is 10.8. The standard InChI is InChI=1S/C18H23ClO4/c1-11(6-5-7-12(2)10-20)8-9-14-16(21)15(19)13(3)18(23-4)17(14)22/h5,7-8,10,12,21-22H,6,9H2,1-4H3/b7-5+,11-8?. The minimum atomic E-state index is -0.128. The van der Waals surface area contributed by atoms with E-state index in [1.807, 2.05) is 32.1 Å². The Balaban J connectivity index is 2.97. The summed E-state index contributed by atoms with van der Waals surface area (Å²) < 4.78 is 5.15. The Labute approximate surface area is 142 Å². The molecule has 4 nitrogen and oxygen atoms in total. The third kappa shape index (κ3) is 4.76. The van der Waals surface area contributed by atoms with Crippen LogP contribution in [0.4, 0.5) is 0 Å². The van der Waals surface area contributed by atoms with Crippen molar-refractivity contribution in [1.82, 2.24) is 0 Å². The van der Waals surface area contributed by atoms with E-state index in [2.05, 4.69) is 0 Å². The van der Waals surface area contributed by atoms with Gasteiger partial charge in [0.1, 0.15) is 12.0 Å². The summed E-state index contributed by atoms with van der Waals surface area (Å²) in [4.78, 5) is 10.5. The fourth-order valence-electron chi connectivity index (χ4n) is 2.15. The lowest BCUT2D eigenvalue weighted by molar-refractivity contribution is -0.109. The first kappa shape index (κ1) is 19.1. The van der Waals surface area contributed by atoms with Crippen LogP contribution in [0.1, 0.15) is 31.4 Å². The average Bonchev–Trinajstić information content (AvgIpc) is 2.53. The van der Waals surface area contributed by atoms with Crippen LogP contribution in [-0.2, 0) is 11.2 Å². The second kappa shape index (κ2) is 8.63. The molecule has 0 aliphatic rings. The van der Waals surface area contributed by atoms with Crippen molar-refractivity contribution in [3.05, 3.63) is 40.0 Å². The summed E-state index contributed by atoms with van der Waals surface area (Å²) in [6.45, 7) is 5.43. The van der Waals surface area contributed by atoms with Gasteiger partial charge in [-0.25, -0.2) is 0 Å². The van der Waals surface area contributed by atoms with Gasteiger partial charge in [0.05, 0.1) is 12.1 Å². The monoisotopic (exact) mass is 338 g/mol. The van der Waals surface area contributed by atoms with E-state index in [1.165, 1.54) is 7.11 Å². The second-order valence-corrected chi connectivity index (χ2v) is 5.91. The molecule has 0 amide bonds. The number of benzene rings is 1. The van der Waals surface area contributed by atoms with Crippen LogP contribution in [0.3, 0.4) is 0 Å². The molecule has 0 fully saturated rings. The molecule has 0 aliphatic carbocycles. The lowest BCUT2D eigenvalue weighted by atomic mass is 10.0. The molecule has 126 valence electrons. The van der Waals surface area contributed by atoms with Crippen molar-refractivity contribution in [2.75, 3.05) is 7.11 Å². The Bertz CT molecular complexity index is 633. The van der Waals surface area contributed by atoms with Crippen molar-refractivity contribution in [2.24, 2.45) is 5.92 Å². The molecule has 5 heteroatoms. The molecule has 0 aliphatic heterocycles. The van der Waals surface area contributed by atoms with E-state index in [4.69, 9.17) is 16.3 Å². The molecule has 23 heavy (non-hydrogen) atoms. The van der Waals surface area contributed by atoms with Gasteiger partial charge >= 0.3 is 0 Å². The molecule has 1 rings (SSSR count). The van der Waals surface area contributed by atoms with Crippen molar-refractivity contribution >= 4 is 17.9 Å². The highest BCUT2D eigenvalue weighted by Crippen LogP contribution is 2.45. The molecule has 0 saturated carbocycles. The molecule has 0 aromatic heterocycles. The van der Waals surface area contributed by atoms with Crippen molar-refractivity contribution < 1.29 is 19.7 Å². The van der Waals surface area contributed by atoms with Gasteiger partial charge in [-0.1, -0.05) is 42.3 Å². The summed E-state index contributed by atoms with van der Waals surface area (Å²) in [6.07, 6.45) is 7.56. The maximum atomic E-state index is 10.5. The van der Waals surface area contributed by atoms with Crippen LogP contribution in [0.5, 0.6) is 17.2 Å². The van der Waals surface area contributed by atoms with Gasteiger partial charge in [0.15, 0.2) is 11.5 Å². The number of carbonyl (C=O) groups is 1. The van der Waals surface area contributed by atoms with Gasteiger partial charge in [0.2, 0.25) is 0 Å². The van der Waals surface area contributed by atoms with Gasteiger partial charge in [-0.15, -0.1) is 0 Å². The first-order valence-electron chi connectivity index (χ1n) is 7.37. The topological polar surface area (TPSA) is 66.8 Å². The maximum Gasteiger partial charge on any atom is 0.165 e. The number of aldehydes is 1. The van der Waals surface area contributed by atoms with E-state index < -0.39 is 0 Å². The number of hydrogen-bond donors (Lipinski definition) is 2. The van der Waals surface area contributed by atoms with Gasteiger partial charge in [0, 0.05) is 17.0 Å². The SMILES string of the molecule is COc1c(C)c(Cl)c(O)c(CC=C(C)C/C=C/C(C)C=O)c1O. The van der Waals surface area contributed by atoms with Gasteiger partial charge in [-0.2, -0.15) is 0 Å². The van der Waals surface area contributed by atoms with Crippen LogP contribution in [0, 0.1) is 12.8 Å². The Morgan fingerprint density at radius 1 is 1.35 bits per heavy atom. The summed E-state index contributed by atoms with van der Waals surface area (Å²) in [6, 6.07) is 0. The van der Waals surface area contributed by atoms with Crippen LogP contribution >= 0.6 is 11.6 Å². The van der Waals surface area contributed by atoms with E-state index in [-0.39, 0.29) is 28.2 Å². The van der Waals surface area contributed by atoms with Crippen LogP contribution < -0.4 is 4.74 Å². The fraction of sp³-hybridized carbons (Fsp3) is 0.389. The predicted molar refractivity (Wildman–Crippen MR) is 92.5 cm³/mol. The van der Waals surface area contributed by atoms with E-state index in [0.29, 0.717) is 24.0 Å². The quantitative estimate of drug-likeness (QED) is 0.573. The van der Waals surface area contributed by atoms with Gasteiger partial charge in [-0.05, 0) is 26.7 Å². The Hall–Kier alpha value is -1.94. The minimum Gasteiger partial charge on any atom is -0.506 e. The molecule has 1 aromatic carbocycles. The lowest BCUT2D eigenvalue weighted by Crippen LogP contribution is -1.95. The molecule has 1 aromatic rings. The van der Waals surface area contributed by atoms with E-state index in [0.717, 1.165) is 11.9 Å². The second-order valence-electron chi connectivity index (χ2n) is 5.53. The van der Waals surface area contributed by atoms with Gasteiger partial charge < -0.3 is 19.7 Å². The number of ether oxygens (including phenoxy) is 1. The van der Waals surface area contributed by atoms with Crippen molar-refractivity contribution in [3.8, 4) is 17.2 Å². The molecular formula is C18H23ClO4. The summed E-state index contributed by atoms with van der Waals surface area (Å²) in [5.74, 6) is -0.0534. The van der Waals surface area contributed by atoms with Crippen molar-refractivity contribution in [1.29, 1.82) is 0 Å². The van der Waals surface area contributed by atoms with Crippen LogP contribution in [-0.4, -0.2) is 23.6 Å². The minimum absolute atomic E-state index is 0.0962. The van der Waals surface area contributed by atoms with Crippen LogP contribution in [0.2, 0.25) is 5.02 Å². The third-order valence-electron chi connectivity index (χ3n) is 3.62. The Kier molecular flexibility index (Phi) is 7.17. The average molecular weight is 339 g/mol. The van der Waals surface area contributed by atoms with Crippen LogP contribution in [0.15, 0.2) is 23.8 Å². The largest absolute Gasteiger partial charge is 0.506 e. The molecule has 0 heterocycles. The molecule has 0 saturated heterocycles. The number of hydrogen-bond acceptors (Lipinski definition) is 4. The molecule has 0 radical (unpaired) electrons. The van der Waals surface area contributed by atoms with Gasteiger partial charge in [0.25, 0.3) is 0 Å². The highest BCUT2D eigenvalue weighted by atomic mass is 35.5. The normalized spacial score (nSPS) is 13.3. The summed E-state index contributed by atoms with van der Waals surface area (Å²) in [5.41, 5.74) is 1.88. The van der Waals surface area contributed by atoms with Crippen LogP contribution in [0.25, 0.3) is 0 Å². The zero-order valence-electron chi connectivity index (χ0n) is 13.9. The number of phenols is 2. The number of methoxy groups -OCH3 is 1. The molecular weight excluding hydrogens is 316 g/mol. The van der Waals surface area contributed by atoms with E-state index in [1.54, 1.807) is 6.92 Å². The van der Waals surface area contributed by atoms with Crippen molar-refractivity contribution in [2.45, 2.75) is 33.6 Å². The number of carbonyl (C=O) groups excluding carboxylic acids is 1. The lowest BCUT2D eigenvalue weighted by Gasteiger charge is -2.15. The Morgan fingerprint density at radius 3 is 2.57 bits per heavy atom. The number of phenolic OH excluding ortho intramolecular Hbond substituents is 2. The number of halogens is 1. The number of rotatable bonds is 7. The zero-order valence-corrected chi connectivity index (χ0v) is 14.6. The smallest absolute Gasteiger partial charge is 0.165 e. The molecule has 1 unspecified atom stereocenters. The molecule has 2 N–H and O–H groups in total. The molecule has 0 bridgehead atoms. The summed E-state index contributed by atoms with van der Waals surface area (Å²) in [5, 5.41) is 20.6. The Morgan fingerprint density at radius 2 is 2.00 bits per heavy atom. The third-order valence-corrected chi connectivity index (χ3v) is 4.08. The number of aromatic hydroxyl groups is 2. The highest BCUT2D eigenvalue weighted by molar-refractivity contribution is 6.33. The van der Waals surface area contributed by atoms with E-state index >= 15 is 0 Å². The van der Waals surface area contributed by atoms with Gasteiger partial charge in [-0.3, -0.25) is 0 Å². The predicted octanol–water partition coefficient (Wildman–Crippen LogP) is 4.34. The van der Waals surface area contributed by atoms with Crippen molar-refractivity contribution in [3.63, 3.8) is 0 Å². The molecule has 0 spiro atoms. The first-order valence-corrected chi connectivity index (χ1v) is 7.75. The molecule has 1 atom stereocenters. The maximum absolute atomic E-state index is 10.5.